The van der Waals surface area contributed by atoms with Crippen molar-refractivity contribution in [3.8, 4) is 0 Å². The Hall–Kier alpha value is -1.23. The predicted octanol–water partition coefficient (Wildman–Crippen LogP) is 3.80. The Morgan fingerprint density at radius 2 is 2.06 bits per heavy atom. The van der Waals surface area contributed by atoms with Crippen LogP contribution in [0, 0.1) is 0 Å². The van der Waals surface area contributed by atoms with Crippen molar-refractivity contribution >= 4 is 22.6 Å². The molecule has 1 N–H and O–H groups in total. The fourth-order valence-electron chi connectivity index (χ4n) is 1.45. The van der Waals surface area contributed by atoms with Crippen LogP contribution in [0.25, 0.3) is 11.0 Å². The third kappa shape index (κ3) is 1.87. The Kier molecular flexibility index (Phi) is 2.58. The zero-order chi connectivity index (χ0) is 11.9. The summed E-state index contributed by atoms with van der Waals surface area (Å²) in [6.07, 6.45) is -3.78. The van der Waals surface area contributed by atoms with Gasteiger partial charge in [0.15, 0.2) is 0 Å². The van der Waals surface area contributed by atoms with Crippen molar-refractivity contribution in [1.29, 1.82) is 0 Å². The van der Waals surface area contributed by atoms with Gasteiger partial charge in [-0.2, -0.15) is 13.2 Å². The van der Waals surface area contributed by atoms with E-state index in [1.165, 1.54) is 0 Å². The monoisotopic (exact) mass is 248 g/mol. The van der Waals surface area contributed by atoms with Crippen molar-refractivity contribution < 1.29 is 13.2 Å². The van der Waals surface area contributed by atoms with Crippen LogP contribution in [0.3, 0.4) is 0 Å². The molecule has 1 aromatic carbocycles. The molecule has 2 aromatic rings. The predicted molar refractivity (Wildman–Crippen MR) is 55.5 cm³/mol. The molecule has 0 unspecified atom stereocenters. The van der Waals surface area contributed by atoms with E-state index < -0.39 is 11.7 Å². The van der Waals surface area contributed by atoms with Gasteiger partial charge < -0.3 is 4.98 Å². The zero-order valence-electron chi connectivity index (χ0n) is 8.32. The van der Waals surface area contributed by atoms with Crippen molar-refractivity contribution in [2.45, 2.75) is 19.5 Å². The molecule has 0 radical (unpaired) electrons. The van der Waals surface area contributed by atoms with E-state index in [1.54, 1.807) is 0 Å². The average Bonchev–Trinajstić information content (AvgIpc) is 2.59. The van der Waals surface area contributed by atoms with Crippen molar-refractivity contribution in [1.82, 2.24) is 9.97 Å². The number of hydrogen-bond acceptors (Lipinski definition) is 1. The number of aromatic amines is 1. The SMILES string of the molecule is CCc1nc2cc(C(F)(F)F)cc(Cl)c2[nH]1. The third-order valence-electron chi connectivity index (χ3n) is 2.26. The number of halogens is 4. The lowest BCUT2D eigenvalue weighted by Crippen LogP contribution is -2.04. The lowest BCUT2D eigenvalue weighted by atomic mass is 10.2. The summed E-state index contributed by atoms with van der Waals surface area (Å²) in [5.41, 5.74) is -0.0812. The minimum atomic E-state index is -4.40. The fraction of sp³-hybridized carbons (Fsp3) is 0.300. The van der Waals surface area contributed by atoms with Gasteiger partial charge in [-0.25, -0.2) is 4.98 Å². The van der Waals surface area contributed by atoms with Gasteiger partial charge in [0.1, 0.15) is 5.82 Å². The van der Waals surface area contributed by atoms with Gasteiger partial charge in [-0.1, -0.05) is 18.5 Å². The lowest BCUT2D eigenvalue weighted by molar-refractivity contribution is -0.137. The van der Waals surface area contributed by atoms with Crippen LogP contribution in [0.15, 0.2) is 12.1 Å². The van der Waals surface area contributed by atoms with Gasteiger partial charge in [-0.3, -0.25) is 0 Å². The van der Waals surface area contributed by atoms with Gasteiger partial charge in [0.2, 0.25) is 0 Å². The summed E-state index contributed by atoms with van der Waals surface area (Å²) >= 11 is 5.77. The minimum Gasteiger partial charge on any atom is -0.341 e. The van der Waals surface area contributed by atoms with Crippen LogP contribution in [-0.4, -0.2) is 9.97 Å². The Labute approximate surface area is 94.4 Å². The summed E-state index contributed by atoms with van der Waals surface area (Å²) in [7, 11) is 0. The molecule has 0 bridgehead atoms. The van der Waals surface area contributed by atoms with Gasteiger partial charge >= 0.3 is 6.18 Å². The number of rotatable bonds is 1. The van der Waals surface area contributed by atoms with Crippen LogP contribution >= 0.6 is 11.6 Å². The third-order valence-corrected chi connectivity index (χ3v) is 2.55. The van der Waals surface area contributed by atoms with Crippen LogP contribution in [0.2, 0.25) is 5.02 Å². The van der Waals surface area contributed by atoms with E-state index in [-0.39, 0.29) is 10.5 Å². The van der Waals surface area contributed by atoms with E-state index in [2.05, 4.69) is 9.97 Å². The molecule has 0 aliphatic carbocycles. The highest BCUT2D eigenvalue weighted by Gasteiger charge is 2.31. The van der Waals surface area contributed by atoms with E-state index in [0.29, 0.717) is 17.8 Å². The van der Waals surface area contributed by atoms with Crippen molar-refractivity contribution in [2.24, 2.45) is 0 Å². The molecule has 6 heteroatoms. The molecule has 2 nitrogen and oxygen atoms in total. The van der Waals surface area contributed by atoms with Crippen LogP contribution < -0.4 is 0 Å². The first-order chi connectivity index (χ1) is 7.41. The number of H-pyrrole nitrogens is 1. The van der Waals surface area contributed by atoms with E-state index in [1.807, 2.05) is 6.92 Å². The Balaban J connectivity index is 2.67. The molecule has 2 rings (SSSR count). The molecule has 0 aliphatic rings. The van der Waals surface area contributed by atoms with E-state index >= 15 is 0 Å². The van der Waals surface area contributed by atoms with Crippen molar-refractivity contribution in [3.63, 3.8) is 0 Å². The standard InChI is InChI=1S/C10H8ClF3N2/c1-2-8-15-7-4-5(10(12,13)14)3-6(11)9(7)16-8/h3-4H,2H2,1H3,(H,15,16). The molecule has 16 heavy (non-hydrogen) atoms. The molecule has 0 aliphatic heterocycles. The molecule has 1 aromatic heterocycles. The number of nitrogens with zero attached hydrogens (tertiary/aromatic N) is 1. The first-order valence-electron chi connectivity index (χ1n) is 4.67. The topological polar surface area (TPSA) is 28.7 Å². The van der Waals surface area contributed by atoms with Gasteiger partial charge in [0, 0.05) is 6.42 Å². The number of fused-ring (bicyclic) bond motifs is 1. The summed E-state index contributed by atoms with van der Waals surface area (Å²) in [6, 6.07) is 1.90. The number of aromatic nitrogens is 2. The van der Waals surface area contributed by atoms with Crippen LogP contribution in [-0.2, 0) is 12.6 Å². The highest BCUT2D eigenvalue weighted by molar-refractivity contribution is 6.35. The second-order valence-corrected chi connectivity index (χ2v) is 3.79. The van der Waals surface area contributed by atoms with E-state index in [0.717, 1.165) is 12.1 Å². The quantitative estimate of drug-likeness (QED) is 0.817. The average molecular weight is 249 g/mol. The Morgan fingerprint density at radius 3 is 2.62 bits per heavy atom. The van der Waals surface area contributed by atoms with Gasteiger partial charge in [0.05, 0.1) is 21.6 Å². The summed E-state index contributed by atoms with van der Waals surface area (Å²) < 4.78 is 37.5. The molecule has 0 saturated heterocycles. The van der Waals surface area contributed by atoms with Gasteiger partial charge in [-0.05, 0) is 12.1 Å². The maximum absolute atomic E-state index is 12.5. The number of nitrogens with one attached hydrogen (secondary N) is 1. The van der Waals surface area contributed by atoms with Crippen LogP contribution in [0.5, 0.6) is 0 Å². The summed E-state index contributed by atoms with van der Waals surface area (Å²) in [5, 5.41) is 0.0389. The second kappa shape index (κ2) is 3.66. The van der Waals surface area contributed by atoms with Gasteiger partial charge in [-0.15, -0.1) is 0 Å². The molecule has 1 heterocycles. The molecular weight excluding hydrogens is 241 g/mol. The number of hydrogen-bond donors (Lipinski definition) is 1. The molecule has 0 saturated carbocycles. The molecule has 0 atom stereocenters. The first kappa shape index (κ1) is 11.3. The van der Waals surface area contributed by atoms with Crippen LogP contribution in [0.1, 0.15) is 18.3 Å². The van der Waals surface area contributed by atoms with Crippen molar-refractivity contribution in [2.75, 3.05) is 0 Å². The number of aryl methyl sites for hydroxylation is 1. The zero-order valence-corrected chi connectivity index (χ0v) is 9.08. The second-order valence-electron chi connectivity index (χ2n) is 3.39. The molecule has 0 amide bonds. The number of imidazole rings is 1. The number of benzene rings is 1. The maximum atomic E-state index is 12.5. The minimum absolute atomic E-state index is 0.0389. The number of alkyl halides is 3. The smallest absolute Gasteiger partial charge is 0.341 e. The van der Waals surface area contributed by atoms with Crippen LogP contribution in [0.4, 0.5) is 13.2 Å². The van der Waals surface area contributed by atoms with E-state index in [9.17, 15) is 13.2 Å². The maximum Gasteiger partial charge on any atom is 0.416 e. The summed E-state index contributed by atoms with van der Waals surface area (Å²) in [5.74, 6) is 0.622. The largest absolute Gasteiger partial charge is 0.416 e. The first-order valence-corrected chi connectivity index (χ1v) is 5.05. The van der Waals surface area contributed by atoms with E-state index in [4.69, 9.17) is 11.6 Å². The van der Waals surface area contributed by atoms with Gasteiger partial charge in [0.25, 0.3) is 0 Å². The Bertz CT molecular complexity index is 531. The molecular formula is C10H8ClF3N2. The Morgan fingerprint density at radius 1 is 1.38 bits per heavy atom. The normalized spacial score (nSPS) is 12.3. The molecule has 86 valence electrons. The molecule has 0 fully saturated rings. The van der Waals surface area contributed by atoms with Crippen molar-refractivity contribution in [3.05, 3.63) is 28.5 Å². The molecule has 0 spiro atoms. The lowest BCUT2D eigenvalue weighted by Gasteiger charge is -2.06. The summed E-state index contributed by atoms with van der Waals surface area (Å²) in [6.45, 7) is 1.86. The highest BCUT2D eigenvalue weighted by Crippen LogP contribution is 2.34. The highest BCUT2D eigenvalue weighted by atomic mass is 35.5. The fourth-order valence-corrected chi connectivity index (χ4v) is 1.71. The summed E-state index contributed by atoms with van der Waals surface area (Å²) in [4.78, 5) is 6.91.